The van der Waals surface area contributed by atoms with Gasteiger partial charge < -0.3 is 19.5 Å². The Morgan fingerprint density at radius 2 is 2.21 bits per heavy atom. The number of carbonyl (C=O) groups excluding carboxylic acids is 2. The van der Waals surface area contributed by atoms with Crippen LogP contribution in [0.5, 0.6) is 5.75 Å². The molecule has 2 aromatic heterocycles. The fourth-order valence-electron chi connectivity index (χ4n) is 2.58. The summed E-state index contributed by atoms with van der Waals surface area (Å²) in [7, 11) is 1.43. The van der Waals surface area contributed by atoms with Crippen molar-refractivity contribution in [1.82, 2.24) is 14.8 Å². The number of hydrogen-bond donors (Lipinski definition) is 1. The Bertz CT molecular complexity index is 813. The second-order valence-corrected chi connectivity index (χ2v) is 6.26. The summed E-state index contributed by atoms with van der Waals surface area (Å²) in [6, 6.07) is 4.87. The van der Waals surface area contributed by atoms with E-state index in [9.17, 15) is 14.4 Å². The van der Waals surface area contributed by atoms with Crippen LogP contribution in [-0.2, 0) is 6.54 Å². The van der Waals surface area contributed by atoms with E-state index in [0.29, 0.717) is 36.8 Å². The molecule has 7 nitrogen and oxygen atoms in total. The highest BCUT2D eigenvalue weighted by Gasteiger charge is 2.25. The van der Waals surface area contributed by atoms with Crippen LogP contribution in [0.15, 0.2) is 34.6 Å². The van der Waals surface area contributed by atoms with Crippen LogP contribution in [0.25, 0.3) is 0 Å². The molecule has 0 saturated heterocycles. The first-order valence-electron chi connectivity index (χ1n) is 7.49. The second-order valence-electron chi connectivity index (χ2n) is 5.31. The Morgan fingerprint density at radius 1 is 1.38 bits per heavy atom. The van der Waals surface area contributed by atoms with Crippen LogP contribution in [0.4, 0.5) is 0 Å². The number of fused-ring (bicyclic) bond motifs is 1. The lowest BCUT2D eigenvalue weighted by molar-refractivity contribution is 0.0697. The van der Waals surface area contributed by atoms with Crippen molar-refractivity contribution in [2.75, 3.05) is 26.7 Å². The van der Waals surface area contributed by atoms with Crippen LogP contribution in [0, 0.1) is 0 Å². The smallest absolute Gasteiger partial charge is 0.270 e. The molecule has 1 N–H and O–H groups in total. The van der Waals surface area contributed by atoms with Gasteiger partial charge in [-0.2, -0.15) is 0 Å². The monoisotopic (exact) mass is 347 g/mol. The molecule has 0 fully saturated rings. The summed E-state index contributed by atoms with van der Waals surface area (Å²) in [5.41, 5.74) is 0.0292. The van der Waals surface area contributed by atoms with Crippen LogP contribution in [0.2, 0.25) is 0 Å². The molecule has 3 heterocycles. The van der Waals surface area contributed by atoms with E-state index in [2.05, 4.69) is 5.32 Å². The van der Waals surface area contributed by atoms with Gasteiger partial charge in [0.25, 0.3) is 11.8 Å². The Labute approximate surface area is 142 Å². The number of ether oxygens (including phenoxy) is 1. The lowest BCUT2D eigenvalue weighted by atomic mass is 10.2. The number of nitrogens with one attached hydrogen (secondary N) is 1. The number of aromatic nitrogens is 1. The Hall–Kier alpha value is -2.61. The number of thiophene rings is 1. The highest BCUT2D eigenvalue weighted by molar-refractivity contribution is 7.12. The van der Waals surface area contributed by atoms with Gasteiger partial charge in [-0.25, -0.2) is 0 Å². The fourth-order valence-corrected chi connectivity index (χ4v) is 3.22. The molecule has 0 atom stereocenters. The third kappa shape index (κ3) is 3.18. The molecule has 24 heavy (non-hydrogen) atoms. The topological polar surface area (TPSA) is 80.6 Å². The van der Waals surface area contributed by atoms with Gasteiger partial charge in [0, 0.05) is 32.2 Å². The fraction of sp³-hybridized carbons (Fsp3) is 0.312. The van der Waals surface area contributed by atoms with E-state index < -0.39 is 0 Å². The van der Waals surface area contributed by atoms with Gasteiger partial charge >= 0.3 is 0 Å². The number of hydrogen-bond acceptors (Lipinski definition) is 5. The molecule has 0 unspecified atom stereocenters. The highest BCUT2D eigenvalue weighted by Crippen LogP contribution is 2.14. The minimum absolute atomic E-state index is 0.143. The number of nitrogens with zero attached hydrogens (tertiary/aromatic N) is 2. The predicted octanol–water partition coefficient (Wildman–Crippen LogP) is 0.804. The van der Waals surface area contributed by atoms with Gasteiger partial charge in [-0.05, 0) is 11.4 Å². The normalized spacial score (nSPS) is 13.5. The number of rotatable bonds is 5. The average Bonchev–Trinajstić information content (AvgIpc) is 3.11. The minimum Gasteiger partial charge on any atom is -0.491 e. The van der Waals surface area contributed by atoms with Crippen molar-refractivity contribution in [2.24, 2.45) is 0 Å². The number of pyridine rings is 1. The first-order chi connectivity index (χ1) is 11.6. The van der Waals surface area contributed by atoms with Gasteiger partial charge in [0.05, 0.1) is 18.2 Å². The van der Waals surface area contributed by atoms with E-state index in [1.807, 2.05) is 11.4 Å². The van der Waals surface area contributed by atoms with Gasteiger partial charge in [0.1, 0.15) is 5.69 Å². The van der Waals surface area contributed by atoms with Gasteiger partial charge in [0.2, 0.25) is 5.43 Å². The van der Waals surface area contributed by atoms with E-state index in [1.54, 1.807) is 21.7 Å². The third-order valence-electron chi connectivity index (χ3n) is 3.84. The molecule has 0 saturated carbocycles. The number of methoxy groups -OCH3 is 1. The van der Waals surface area contributed by atoms with Crippen LogP contribution in [-0.4, -0.2) is 48.0 Å². The molecule has 8 heteroatoms. The van der Waals surface area contributed by atoms with E-state index in [0.717, 1.165) is 0 Å². The van der Waals surface area contributed by atoms with Gasteiger partial charge in [-0.1, -0.05) is 6.07 Å². The zero-order chi connectivity index (χ0) is 17.1. The quantitative estimate of drug-likeness (QED) is 0.868. The van der Waals surface area contributed by atoms with E-state index in [1.165, 1.54) is 24.5 Å². The molecule has 3 rings (SSSR count). The van der Waals surface area contributed by atoms with Gasteiger partial charge in [-0.3, -0.25) is 14.4 Å². The largest absolute Gasteiger partial charge is 0.491 e. The molecule has 126 valence electrons. The molecule has 0 bridgehead atoms. The summed E-state index contributed by atoms with van der Waals surface area (Å²) < 4.78 is 6.72. The molecular weight excluding hydrogens is 330 g/mol. The molecule has 2 aromatic rings. The van der Waals surface area contributed by atoms with E-state index in [4.69, 9.17) is 4.74 Å². The first kappa shape index (κ1) is 16.3. The lowest BCUT2D eigenvalue weighted by Crippen LogP contribution is -2.45. The summed E-state index contributed by atoms with van der Waals surface area (Å²) in [5, 5.41) is 4.63. The lowest BCUT2D eigenvalue weighted by Gasteiger charge is -2.30. The summed E-state index contributed by atoms with van der Waals surface area (Å²) >= 11 is 1.37. The summed E-state index contributed by atoms with van der Waals surface area (Å²) in [6.07, 6.45) is 1.56. The van der Waals surface area contributed by atoms with Crippen molar-refractivity contribution in [1.29, 1.82) is 0 Å². The van der Waals surface area contributed by atoms with Crippen LogP contribution < -0.4 is 15.5 Å². The Balaban J connectivity index is 1.63. The molecule has 0 radical (unpaired) electrons. The number of amides is 2. The molecule has 0 aliphatic carbocycles. The average molecular weight is 347 g/mol. The van der Waals surface area contributed by atoms with Gasteiger partial charge in [0.15, 0.2) is 5.75 Å². The second kappa shape index (κ2) is 6.88. The van der Waals surface area contributed by atoms with Crippen LogP contribution in [0.3, 0.4) is 0 Å². The van der Waals surface area contributed by atoms with Crippen LogP contribution >= 0.6 is 11.3 Å². The Morgan fingerprint density at radius 3 is 2.92 bits per heavy atom. The van der Waals surface area contributed by atoms with Gasteiger partial charge in [-0.15, -0.1) is 11.3 Å². The zero-order valence-corrected chi connectivity index (χ0v) is 14.0. The molecule has 2 amide bonds. The SMILES string of the molecule is COc1cn2c(cc1=O)C(=O)N(CCNC(=O)c1cccs1)CC2. The van der Waals surface area contributed by atoms with E-state index in [-0.39, 0.29) is 23.0 Å². The maximum absolute atomic E-state index is 12.5. The molecule has 0 spiro atoms. The maximum Gasteiger partial charge on any atom is 0.270 e. The van der Waals surface area contributed by atoms with Crippen molar-refractivity contribution in [3.05, 3.63) is 50.6 Å². The summed E-state index contributed by atoms with van der Waals surface area (Å²) in [4.78, 5) is 38.5. The van der Waals surface area contributed by atoms with E-state index >= 15 is 0 Å². The van der Waals surface area contributed by atoms with Crippen molar-refractivity contribution in [2.45, 2.75) is 6.54 Å². The highest BCUT2D eigenvalue weighted by atomic mass is 32.1. The van der Waals surface area contributed by atoms with Crippen LogP contribution in [0.1, 0.15) is 20.2 Å². The van der Waals surface area contributed by atoms with Crippen molar-refractivity contribution < 1.29 is 14.3 Å². The number of carbonyl (C=O) groups is 2. The van der Waals surface area contributed by atoms with Crippen molar-refractivity contribution in [3.63, 3.8) is 0 Å². The molecule has 1 aliphatic heterocycles. The minimum atomic E-state index is -0.315. The standard InChI is InChI=1S/C16H17N3O4S/c1-23-13-10-19-7-6-18(16(22)11(19)9-12(13)20)5-4-17-15(21)14-3-2-8-24-14/h2-3,8-10H,4-7H2,1H3,(H,17,21). The molecule has 0 aromatic carbocycles. The van der Waals surface area contributed by atoms with Crippen molar-refractivity contribution >= 4 is 23.2 Å². The zero-order valence-electron chi connectivity index (χ0n) is 13.2. The van der Waals surface area contributed by atoms with Crippen molar-refractivity contribution in [3.8, 4) is 5.75 Å². The molecule has 1 aliphatic rings. The third-order valence-corrected chi connectivity index (χ3v) is 4.71. The Kier molecular flexibility index (Phi) is 4.66. The maximum atomic E-state index is 12.5. The summed E-state index contributed by atoms with van der Waals surface area (Å²) in [6.45, 7) is 1.86. The predicted molar refractivity (Wildman–Crippen MR) is 89.8 cm³/mol. The molecular formula is C16H17N3O4S. The first-order valence-corrected chi connectivity index (χ1v) is 8.37. The summed E-state index contributed by atoms with van der Waals surface area (Å²) in [5.74, 6) is -0.134.